The van der Waals surface area contributed by atoms with Crippen LogP contribution in [0.25, 0.3) is 0 Å². The molecule has 0 N–H and O–H groups in total. The third-order valence-electron chi connectivity index (χ3n) is 14.3. The van der Waals surface area contributed by atoms with E-state index < -0.39 is 6.10 Å². The molecule has 68 heavy (non-hydrogen) atoms. The summed E-state index contributed by atoms with van der Waals surface area (Å²) in [5, 5.41) is 0. The molecule has 0 saturated heterocycles. The Kier molecular flexibility index (Phi) is 55.0. The summed E-state index contributed by atoms with van der Waals surface area (Å²) in [5.74, 6) is 0.0209. The molecule has 0 rings (SSSR count). The third kappa shape index (κ3) is 55.3. The standard InChI is InChI=1S/C62H120O6/c1-5-7-9-11-13-15-17-19-20-21-22-23-27-30-34-38-42-46-50-54-61(64)67-57-59(56-66-60(63)53-49-45-41-37-33-18-16-14-12-10-8-6-2)68-62(65)55-51-47-43-39-35-31-28-25-24-26-29-32-36-40-44-48-52-58(3)4/h58-59H,5-57H2,1-4H3/t59-/m1/s1. The first kappa shape index (κ1) is 66.4. The van der Waals surface area contributed by atoms with Crippen molar-refractivity contribution in [3.63, 3.8) is 0 Å². The smallest absolute Gasteiger partial charge is 0.306 e. The molecular weight excluding hydrogens is 841 g/mol. The highest BCUT2D eigenvalue weighted by Crippen LogP contribution is 2.18. The van der Waals surface area contributed by atoms with Crippen molar-refractivity contribution in [2.75, 3.05) is 13.2 Å². The SMILES string of the molecule is CCCCCCCCCCCCCCCCCCCCCC(=O)OC[C@@H](COC(=O)CCCCCCCCCCCCCC)OC(=O)CCCCCCCCCCCCCCCCCCC(C)C. The van der Waals surface area contributed by atoms with E-state index in [1.807, 2.05) is 0 Å². The van der Waals surface area contributed by atoms with Crippen molar-refractivity contribution >= 4 is 17.9 Å². The number of esters is 3. The van der Waals surface area contributed by atoms with Gasteiger partial charge in [0.2, 0.25) is 0 Å². The average Bonchev–Trinajstić information content (AvgIpc) is 3.32. The fraction of sp³-hybridized carbons (Fsp3) is 0.952. The molecule has 0 fully saturated rings. The van der Waals surface area contributed by atoms with Crippen LogP contribution in [0.3, 0.4) is 0 Å². The van der Waals surface area contributed by atoms with Gasteiger partial charge in [-0.2, -0.15) is 0 Å². The average molecular weight is 962 g/mol. The summed E-state index contributed by atoms with van der Waals surface area (Å²) in [4.78, 5) is 38.2. The van der Waals surface area contributed by atoms with Gasteiger partial charge in [0.1, 0.15) is 13.2 Å². The van der Waals surface area contributed by atoms with Gasteiger partial charge in [-0.15, -0.1) is 0 Å². The molecule has 6 nitrogen and oxygen atoms in total. The van der Waals surface area contributed by atoms with Crippen LogP contribution in [0, 0.1) is 5.92 Å². The highest BCUT2D eigenvalue weighted by Gasteiger charge is 2.19. The van der Waals surface area contributed by atoms with Crippen molar-refractivity contribution in [2.45, 2.75) is 361 Å². The van der Waals surface area contributed by atoms with Crippen LogP contribution in [0.5, 0.6) is 0 Å². The van der Waals surface area contributed by atoms with Crippen LogP contribution in [-0.4, -0.2) is 37.2 Å². The van der Waals surface area contributed by atoms with Gasteiger partial charge in [0, 0.05) is 19.3 Å². The van der Waals surface area contributed by atoms with Crippen LogP contribution >= 0.6 is 0 Å². The van der Waals surface area contributed by atoms with Gasteiger partial charge in [0.15, 0.2) is 6.10 Å². The van der Waals surface area contributed by atoms with E-state index in [9.17, 15) is 14.4 Å². The van der Waals surface area contributed by atoms with Crippen molar-refractivity contribution in [1.82, 2.24) is 0 Å². The van der Waals surface area contributed by atoms with E-state index in [1.54, 1.807) is 0 Å². The number of rotatable bonds is 57. The van der Waals surface area contributed by atoms with Gasteiger partial charge in [-0.3, -0.25) is 14.4 Å². The molecule has 0 bridgehead atoms. The van der Waals surface area contributed by atoms with Gasteiger partial charge in [-0.25, -0.2) is 0 Å². The fourth-order valence-electron chi connectivity index (χ4n) is 9.63. The van der Waals surface area contributed by atoms with Crippen molar-refractivity contribution in [2.24, 2.45) is 5.92 Å². The van der Waals surface area contributed by atoms with Crippen molar-refractivity contribution in [3.8, 4) is 0 Å². The van der Waals surface area contributed by atoms with E-state index in [0.717, 1.165) is 63.7 Å². The molecule has 0 heterocycles. The number of unbranched alkanes of at least 4 members (excludes halogenated alkanes) is 44. The number of carbonyl (C=O) groups is 3. The van der Waals surface area contributed by atoms with Gasteiger partial charge in [0.25, 0.3) is 0 Å². The molecule has 1 atom stereocenters. The highest BCUT2D eigenvalue weighted by atomic mass is 16.6. The molecule has 0 saturated carbocycles. The fourth-order valence-corrected chi connectivity index (χ4v) is 9.63. The summed E-state index contributed by atoms with van der Waals surface area (Å²) >= 11 is 0. The maximum absolute atomic E-state index is 12.9. The van der Waals surface area contributed by atoms with Gasteiger partial charge in [0.05, 0.1) is 0 Å². The monoisotopic (exact) mass is 961 g/mol. The Labute approximate surface area is 425 Å². The Bertz CT molecular complexity index is 1030. The zero-order valence-corrected chi connectivity index (χ0v) is 46.6. The second kappa shape index (κ2) is 56.3. The molecule has 0 aromatic rings. The van der Waals surface area contributed by atoms with Crippen LogP contribution in [0.1, 0.15) is 355 Å². The van der Waals surface area contributed by atoms with Crippen LogP contribution < -0.4 is 0 Å². The van der Waals surface area contributed by atoms with Gasteiger partial charge >= 0.3 is 17.9 Å². The summed E-state index contributed by atoms with van der Waals surface area (Å²) in [6.07, 6.45) is 62.4. The summed E-state index contributed by atoms with van der Waals surface area (Å²) in [6, 6.07) is 0. The number of hydrogen-bond donors (Lipinski definition) is 0. The van der Waals surface area contributed by atoms with Crippen LogP contribution in [0.2, 0.25) is 0 Å². The quantitative estimate of drug-likeness (QED) is 0.0343. The topological polar surface area (TPSA) is 78.9 Å². The highest BCUT2D eigenvalue weighted by molar-refractivity contribution is 5.71. The van der Waals surface area contributed by atoms with Crippen LogP contribution in [0.4, 0.5) is 0 Å². The van der Waals surface area contributed by atoms with E-state index in [1.165, 1.54) is 250 Å². The lowest BCUT2D eigenvalue weighted by atomic mass is 10.0. The first-order chi connectivity index (χ1) is 33.4. The minimum absolute atomic E-state index is 0.0614. The van der Waals surface area contributed by atoms with Gasteiger partial charge in [-0.05, 0) is 25.2 Å². The third-order valence-corrected chi connectivity index (χ3v) is 14.3. The van der Waals surface area contributed by atoms with Gasteiger partial charge < -0.3 is 14.2 Å². The first-order valence-electron chi connectivity index (χ1n) is 30.9. The molecule has 404 valence electrons. The first-order valence-corrected chi connectivity index (χ1v) is 30.9. The largest absolute Gasteiger partial charge is 0.462 e. The number of ether oxygens (including phenoxy) is 3. The zero-order valence-electron chi connectivity index (χ0n) is 46.6. The molecule has 0 unspecified atom stereocenters. The molecule has 0 aliphatic rings. The number of carbonyl (C=O) groups excluding carboxylic acids is 3. The van der Waals surface area contributed by atoms with Crippen molar-refractivity contribution < 1.29 is 28.6 Å². The summed E-state index contributed by atoms with van der Waals surface area (Å²) in [5.41, 5.74) is 0. The van der Waals surface area contributed by atoms with Gasteiger partial charge in [-0.1, -0.05) is 317 Å². The maximum atomic E-state index is 12.9. The Hall–Kier alpha value is -1.59. The van der Waals surface area contributed by atoms with E-state index in [2.05, 4.69) is 27.7 Å². The Morgan fingerprint density at radius 2 is 0.485 bits per heavy atom. The van der Waals surface area contributed by atoms with Crippen molar-refractivity contribution in [1.29, 1.82) is 0 Å². The molecule has 0 amide bonds. The lowest BCUT2D eigenvalue weighted by Gasteiger charge is -2.18. The van der Waals surface area contributed by atoms with E-state index >= 15 is 0 Å². The van der Waals surface area contributed by atoms with Crippen LogP contribution in [-0.2, 0) is 28.6 Å². The maximum Gasteiger partial charge on any atom is 0.306 e. The zero-order chi connectivity index (χ0) is 49.5. The minimum atomic E-state index is -0.762. The molecule has 0 aliphatic carbocycles. The normalized spacial score (nSPS) is 12.0. The second-order valence-electron chi connectivity index (χ2n) is 21.8. The predicted molar refractivity (Wildman–Crippen MR) is 293 cm³/mol. The van der Waals surface area contributed by atoms with Crippen molar-refractivity contribution in [3.05, 3.63) is 0 Å². The molecule has 6 heteroatoms. The van der Waals surface area contributed by atoms with E-state index in [0.29, 0.717) is 19.3 Å². The minimum Gasteiger partial charge on any atom is -0.462 e. The van der Waals surface area contributed by atoms with E-state index in [-0.39, 0.29) is 31.1 Å². The van der Waals surface area contributed by atoms with Crippen LogP contribution in [0.15, 0.2) is 0 Å². The molecule has 0 radical (unpaired) electrons. The predicted octanol–water partition coefficient (Wildman–Crippen LogP) is 20.6. The Balaban J connectivity index is 4.25. The summed E-state index contributed by atoms with van der Waals surface area (Å²) in [6.45, 7) is 9.08. The number of hydrogen-bond acceptors (Lipinski definition) is 6. The summed E-state index contributed by atoms with van der Waals surface area (Å²) < 4.78 is 16.9. The van der Waals surface area contributed by atoms with E-state index in [4.69, 9.17) is 14.2 Å². The molecule has 0 aliphatic heterocycles. The molecule has 0 aromatic heterocycles. The molecular formula is C62H120O6. The Morgan fingerprint density at radius 1 is 0.279 bits per heavy atom. The summed E-state index contributed by atoms with van der Waals surface area (Å²) in [7, 11) is 0. The Morgan fingerprint density at radius 3 is 0.721 bits per heavy atom. The lowest BCUT2D eigenvalue weighted by molar-refractivity contribution is -0.167. The molecule has 0 aromatic carbocycles. The molecule has 0 spiro atoms. The lowest BCUT2D eigenvalue weighted by Crippen LogP contribution is -2.30. The second-order valence-corrected chi connectivity index (χ2v) is 21.8.